The molecule has 1 aromatic rings. The van der Waals surface area contributed by atoms with E-state index in [4.69, 9.17) is 4.74 Å². The number of allylic oxidation sites excluding steroid dienone is 1. The molecule has 0 saturated heterocycles. The molecule has 1 rings (SSSR count). The normalized spacial score (nSPS) is 12.7. The SMILES string of the molecule is C/C=C(/NC(=O)c1ccc(C(C)(C)C)cc1)C(=O)OC(C)(C)C. The summed E-state index contributed by atoms with van der Waals surface area (Å²) in [4.78, 5) is 24.3. The van der Waals surface area contributed by atoms with Crippen LogP contribution in [0.2, 0.25) is 0 Å². The summed E-state index contributed by atoms with van der Waals surface area (Å²) in [5.41, 5.74) is 1.21. The van der Waals surface area contributed by atoms with Crippen molar-refractivity contribution in [3.05, 3.63) is 47.2 Å². The Balaban J connectivity index is 2.84. The quantitative estimate of drug-likeness (QED) is 0.678. The Labute approximate surface area is 138 Å². The van der Waals surface area contributed by atoms with Crippen LogP contribution in [-0.4, -0.2) is 17.5 Å². The third-order valence-electron chi connectivity index (χ3n) is 3.17. The Morgan fingerprint density at radius 2 is 1.52 bits per heavy atom. The van der Waals surface area contributed by atoms with Gasteiger partial charge in [0.1, 0.15) is 11.3 Å². The first-order chi connectivity index (χ1) is 10.4. The molecule has 1 amide bonds. The van der Waals surface area contributed by atoms with Crippen LogP contribution >= 0.6 is 0 Å². The van der Waals surface area contributed by atoms with Crippen molar-refractivity contribution in [2.45, 2.75) is 59.5 Å². The lowest BCUT2D eigenvalue weighted by atomic mass is 9.87. The van der Waals surface area contributed by atoms with E-state index < -0.39 is 11.6 Å². The van der Waals surface area contributed by atoms with Gasteiger partial charge in [-0.05, 0) is 50.8 Å². The maximum Gasteiger partial charge on any atom is 0.355 e. The molecule has 1 aromatic carbocycles. The first-order valence-electron chi connectivity index (χ1n) is 7.75. The van der Waals surface area contributed by atoms with Gasteiger partial charge in [0.15, 0.2) is 0 Å². The summed E-state index contributed by atoms with van der Waals surface area (Å²) < 4.78 is 5.27. The number of hydrogen-bond acceptors (Lipinski definition) is 3. The van der Waals surface area contributed by atoms with E-state index in [-0.39, 0.29) is 17.0 Å². The highest BCUT2D eigenvalue weighted by molar-refractivity contribution is 6.01. The van der Waals surface area contributed by atoms with Gasteiger partial charge >= 0.3 is 5.97 Å². The molecule has 0 atom stereocenters. The van der Waals surface area contributed by atoms with Crippen LogP contribution in [0.25, 0.3) is 0 Å². The van der Waals surface area contributed by atoms with Gasteiger partial charge in [0, 0.05) is 5.56 Å². The fourth-order valence-electron chi connectivity index (χ4n) is 1.89. The Kier molecular flexibility index (Phi) is 5.75. The van der Waals surface area contributed by atoms with Gasteiger partial charge in [-0.3, -0.25) is 4.79 Å². The molecule has 0 heterocycles. The standard InChI is InChI=1S/C19H27NO3/c1-8-15(17(22)23-19(5,6)7)20-16(21)13-9-11-14(12-10-13)18(2,3)4/h8-12H,1-7H3,(H,20,21)/b15-8+. The van der Waals surface area contributed by atoms with Crippen molar-refractivity contribution in [1.29, 1.82) is 0 Å². The molecule has 0 bridgehead atoms. The molecule has 0 spiro atoms. The number of hydrogen-bond donors (Lipinski definition) is 1. The van der Waals surface area contributed by atoms with Crippen molar-refractivity contribution in [3.8, 4) is 0 Å². The molecule has 0 aliphatic rings. The van der Waals surface area contributed by atoms with Crippen molar-refractivity contribution < 1.29 is 14.3 Å². The van der Waals surface area contributed by atoms with Gasteiger partial charge in [0.25, 0.3) is 5.91 Å². The fraction of sp³-hybridized carbons (Fsp3) is 0.474. The van der Waals surface area contributed by atoms with Gasteiger partial charge in [-0.25, -0.2) is 4.79 Å². The van der Waals surface area contributed by atoms with Crippen LogP contribution in [0, 0.1) is 0 Å². The monoisotopic (exact) mass is 317 g/mol. The Morgan fingerprint density at radius 1 is 1.00 bits per heavy atom. The number of amides is 1. The highest BCUT2D eigenvalue weighted by Crippen LogP contribution is 2.22. The van der Waals surface area contributed by atoms with Crippen molar-refractivity contribution in [3.63, 3.8) is 0 Å². The second kappa shape index (κ2) is 6.99. The summed E-state index contributed by atoms with van der Waals surface area (Å²) in [6.07, 6.45) is 1.54. The molecule has 126 valence electrons. The van der Waals surface area contributed by atoms with Crippen LogP contribution < -0.4 is 5.32 Å². The zero-order valence-electron chi connectivity index (χ0n) is 15.1. The lowest BCUT2D eigenvalue weighted by Crippen LogP contribution is -2.32. The molecule has 4 nitrogen and oxygen atoms in total. The van der Waals surface area contributed by atoms with E-state index in [1.807, 2.05) is 12.1 Å². The third-order valence-corrected chi connectivity index (χ3v) is 3.17. The Hall–Kier alpha value is -2.10. The molecule has 0 radical (unpaired) electrons. The molecule has 0 saturated carbocycles. The molecule has 0 unspecified atom stereocenters. The predicted octanol–water partition coefficient (Wildman–Crippen LogP) is 3.96. The van der Waals surface area contributed by atoms with Crippen LogP contribution in [-0.2, 0) is 14.9 Å². The van der Waals surface area contributed by atoms with E-state index in [0.717, 1.165) is 5.56 Å². The lowest BCUT2D eigenvalue weighted by molar-refractivity contribution is -0.150. The van der Waals surface area contributed by atoms with Crippen molar-refractivity contribution in [2.75, 3.05) is 0 Å². The minimum Gasteiger partial charge on any atom is -0.455 e. The number of carbonyl (C=O) groups excluding carboxylic acids is 2. The zero-order chi connectivity index (χ0) is 17.8. The highest BCUT2D eigenvalue weighted by atomic mass is 16.6. The number of ether oxygens (including phenoxy) is 1. The van der Waals surface area contributed by atoms with E-state index in [2.05, 4.69) is 26.1 Å². The maximum absolute atomic E-state index is 12.3. The van der Waals surface area contributed by atoms with Gasteiger partial charge < -0.3 is 10.1 Å². The van der Waals surface area contributed by atoms with Crippen molar-refractivity contribution in [1.82, 2.24) is 5.32 Å². The van der Waals surface area contributed by atoms with Crippen LogP contribution in [0.15, 0.2) is 36.0 Å². The average molecular weight is 317 g/mol. The fourth-order valence-corrected chi connectivity index (χ4v) is 1.89. The number of rotatable bonds is 3. The second-order valence-corrected chi connectivity index (χ2v) is 7.49. The highest BCUT2D eigenvalue weighted by Gasteiger charge is 2.21. The summed E-state index contributed by atoms with van der Waals surface area (Å²) >= 11 is 0. The van der Waals surface area contributed by atoms with E-state index in [1.54, 1.807) is 39.8 Å². The maximum atomic E-state index is 12.3. The van der Waals surface area contributed by atoms with E-state index >= 15 is 0 Å². The smallest absolute Gasteiger partial charge is 0.355 e. The topological polar surface area (TPSA) is 55.4 Å². The largest absolute Gasteiger partial charge is 0.455 e. The average Bonchev–Trinajstić information content (AvgIpc) is 2.41. The second-order valence-electron chi connectivity index (χ2n) is 7.49. The van der Waals surface area contributed by atoms with E-state index in [0.29, 0.717) is 5.56 Å². The molecule has 0 aromatic heterocycles. The van der Waals surface area contributed by atoms with Crippen LogP contribution in [0.1, 0.15) is 64.4 Å². The molecule has 1 N–H and O–H groups in total. The molecule has 0 aliphatic carbocycles. The van der Waals surface area contributed by atoms with Crippen molar-refractivity contribution in [2.24, 2.45) is 0 Å². The molecule has 23 heavy (non-hydrogen) atoms. The number of esters is 1. The van der Waals surface area contributed by atoms with Gasteiger partial charge in [-0.15, -0.1) is 0 Å². The Bertz CT molecular complexity index is 599. The number of carbonyl (C=O) groups is 2. The van der Waals surface area contributed by atoms with Crippen LogP contribution in [0.4, 0.5) is 0 Å². The van der Waals surface area contributed by atoms with Crippen molar-refractivity contribution >= 4 is 11.9 Å². The van der Waals surface area contributed by atoms with Gasteiger partial charge in [-0.2, -0.15) is 0 Å². The molecule has 0 fully saturated rings. The summed E-state index contributed by atoms with van der Waals surface area (Å²) in [5, 5.41) is 2.61. The first kappa shape index (κ1) is 18.9. The minimum absolute atomic E-state index is 0.0278. The van der Waals surface area contributed by atoms with Gasteiger partial charge in [0.2, 0.25) is 0 Å². The molecule has 4 heteroatoms. The molecular formula is C19H27NO3. The number of benzene rings is 1. The van der Waals surface area contributed by atoms with Gasteiger partial charge in [-0.1, -0.05) is 39.0 Å². The lowest BCUT2D eigenvalue weighted by Gasteiger charge is -2.21. The minimum atomic E-state index is -0.607. The molecule has 0 aliphatic heterocycles. The predicted molar refractivity (Wildman–Crippen MR) is 92.2 cm³/mol. The van der Waals surface area contributed by atoms with Crippen LogP contribution in [0.5, 0.6) is 0 Å². The van der Waals surface area contributed by atoms with Gasteiger partial charge in [0.05, 0.1) is 0 Å². The summed E-state index contributed by atoms with van der Waals surface area (Å²) in [6, 6.07) is 7.38. The third kappa shape index (κ3) is 5.89. The Morgan fingerprint density at radius 3 is 1.91 bits per heavy atom. The van der Waals surface area contributed by atoms with E-state index in [1.165, 1.54) is 6.08 Å². The number of nitrogens with one attached hydrogen (secondary N) is 1. The summed E-state index contributed by atoms with van der Waals surface area (Å²) in [7, 11) is 0. The summed E-state index contributed by atoms with van der Waals surface area (Å²) in [5.74, 6) is -0.871. The summed E-state index contributed by atoms with van der Waals surface area (Å²) in [6.45, 7) is 13.4. The zero-order valence-corrected chi connectivity index (χ0v) is 15.1. The van der Waals surface area contributed by atoms with Crippen LogP contribution in [0.3, 0.4) is 0 Å². The molecular weight excluding hydrogens is 290 g/mol. The van der Waals surface area contributed by atoms with E-state index in [9.17, 15) is 9.59 Å². The first-order valence-corrected chi connectivity index (χ1v) is 7.75.